The van der Waals surface area contributed by atoms with Crippen LogP contribution in [0.4, 0.5) is 17.1 Å². The molecule has 0 aliphatic carbocycles. The molecule has 0 amide bonds. The van der Waals surface area contributed by atoms with Crippen LogP contribution < -0.4 is 9.80 Å². The van der Waals surface area contributed by atoms with Gasteiger partial charge in [-0.2, -0.15) is 0 Å². The number of rotatable bonds is 2. The quantitative estimate of drug-likeness (QED) is 0.305. The SMILES string of the molecule is CC(C)N1CN(c2ccc3c4ccccc4n4c5ccccc5c2c34)c2ccccc21. The van der Waals surface area contributed by atoms with E-state index >= 15 is 0 Å². The van der Waals surface area contributed by atoms with Crippen LogP contribution in [0.15, 0.2) is 84.9 Å². The fourth-order valence-corrected chi connectivity index (χ4v) is 5.56. The summed E-state index contributed by atoms with van der Waals surface area (Å²) in [5.74, 6) is 0. The molecule has 3 heterocycles. The first-order valence-corrected chi connectivity index (χ1v) is 11.0. The molecule has 0 fully saturated rings. The molecule has 6 aromatic rings. The summed E-state index contributed by atoms with van der Waals surface area (Å²) in [6.07, 6.45) is 0. The molecule has 0 atom stereocenters. The van der Waals surface area contributed by atoms with Crippen molar-refractivity contribution in [2.45, 2.75) is 19.9 Å². The van der Waals surface area contributed by atoms with Crippen molar-refractivity contribution >= 4 is 55.2 Å². The molecule has 0 unspecified atom stereocenters. The van der Waals surface area contributed by atoms with Gasteiger partial charge in [0, 0.05) is 27.6 Å². The average Bonchev–Trinajstić information content (AvgIpc) is 3.46. The molecule has 1 aliphatic rings. The lowest BCUT2D eigenvalue weighted by molar-refractivity contribution is 0.710. The van der Waals surface area contributed by atoms with Crippen LogP contribution in [0.3, 0.4) is 0 Å². The zero-order valence-corrected chi connectivity index (χ0v) is 17.7. The topological polar surface area (TPSA) is 10.9 Å². The summed E-state index contributed by atoms with van der Waals surface area (Å²) in [4.78, 5) is 4.98. The van der Waals surface area contributed by atoms with Crippen LogP contribution in [0.5, 0.6) is 0 Å². The lowest BCUT2D eigenvalue weighted by Gasteiger charge is -2.25. The monoisotopic (exact) mass is 401 g/mol. The standard InChI is InChI=1S/C28H23N3/c1-18(2)29-17-30(25-14-8-7-13-24(25)29)26-16-15-20-19-9-3-5-11-22(19)31-23-12-6-4-10-21(23)27(26)28(20)31/h3-16,18H,17H2,1-2H3. The maximum Gasteiger partial charge on any atom is 0.0956 e. The van der Waals surface area contributed by atoms with Crippen LogP contribution in [0, 0.1) is 0 Å². The third-order valence-electron chi connectivity index (χ3n) is 6.92. The molecule has 3 heteroatoms. The summed E-state index contributed by atoms with van der Waals surface area (Å²) in [5.41, 5.74) is 7.80. The van der Waals surface area contributed by atoms with Gasteiger partial charge in [0.25, 0.3) is 0 Å². The van der Waals surface area contributed by atoms with Crippen LogP contribution in [0.2, 0.25) is 0 Å². The zero-order chi connectivity index (χ0) is 20.7. The molecule has 1 aliphatic heterocycles. The molecular formula is C28H23N3. The van der Waals surface area contributed by atoms with Crippen LogP contribution in [-0.4, -0.2) is 17.1 Å². The fraction of sp³-hybridized carbons (Fsp3) is 0.143. The normalized spacial score (nSPS) is 14.2. The Balaban J connectivity index is 1.62. The second-order valence-corrected chi connectivity index (χ2v) is 8.85. The lowest BCUT2D eigenvalue weighted by Crippen LogP contribution is -2.33. The molecule has 0 spiro atoms. The molecule has 3 nitrogen and oxygen atoms in total. The summed E-state index contributed by atoms with van der Waals surface area (Å²) in [6, 6.07) is 31.5. The minimum absolute atomic E-state index is 0.446. The summed E-state index contributed by atoms with van der Waals surface area (Å²) in [5, 5.41) is 5.33. The van der Waals surface area contributed by atoms with Gasteiger partial charge in [0.05, 0.1) is 40.3 Å². The van der Waals surface area contributed by atoms with Gasteiger partial charge in [-0.3, -0.25) is 0 Å². The molecular weight excluding hydrogens is 378 g/mol. The maximum atomic E-state index is 2.49. The zero-order valence-electron chi connectivity index (χ0n) is 17.7. The summed E-state index contributed by atoms with van der Waals surface area (Å²) < 4.78 is 2.46. The van der Waals surface area contributed by atoms with Crippen LogP contribution >= 0.6 is 0 Å². The van der Waals surface area contributed by atoms with Gasteiger partial charge >= 0.3 is 0 Å². The van der Waals surface area contributed by atoms with E-state index in [2.05, 4.69) is 113 Å². The number of hydrogen-bond acceptors (Lipinski definition) is 2. The summed E-state index contributed by atoms with van der Waals surface area (Å²) in [6.45, 7) is 5.42. The van der Waals surface area contributed by atoms with Gasteiger partial charge in [0.15, 0.2) is 0 Å². The Labute approximate surface area is 181 Å². The lowest BCUT2D eigenvalue weighted by atomic mass is 10.1. The number of aromatic nitrogens is 1. The first kappa shape index (κ1) is 17.0. The minimum Gasteiger partial charge on any atom is -0.349 e. The molecule has 0 radical (unpaired) electrons. The largest absolute Gasteiger partial charge is 0.349 e. The Morgan fingerprint density at radius 3 is 2.03 bits per heavy atom. The Morgan fingerprint density at radius 1 is 0.613 bits per heavy atom. The van der Waals surface area contributed by atoms with E-state index < -0.39 is 0 Å². The predicted octanol–water partition coefficient (Wildman–Crippen LogP) is 7.16. The molecule has 7 rings (SSSR count). The predicted molar refractivity (Wildman–Crippen MR) is 132 cm³/mol. The van der Waals surface area contributed by atoms with E-state index in [1.165, 1.54) is 55.2 Å². The van der Waals surface area contributed by atoms with Crippen molar-refractivity contribution < 1.29 is 0 Å². The number of anilines is 3. The molecule has 150 valence electrons. The highest BCUT2D eigenvalue weighted by molar-refractivity contribution is 6.27. The third-order valence-corrected chi connectivity index (χ3v) is 6.92. The second-order valence-electron chi connectivity index (χ2n) is 8.85. The average molecular weight is 402 g/mol. The summed E-state index contributed by atoms with van der Waals surface area (Å²) in [7, 11) is 0. The van der Waals surface area contributed by atoms with Crippen molar-refractivity contribution in [1.29, 1.82) is 0 Å². The highest BCUT2D eigenvalue weighted by Gasteiger charge is 2.30. The van der Waals surface area contributed by atoms with Crippen molar-refractivity contribution in [2.24, 2.45) is 0 Å². The van der Waals surface area contributed by atoms with E-state index in [4.69, 9.17) is 0 Å². The van der Waals surface area contributed by atoms with E-state index in [0.29, 0.717) is 6.04 Å². The third kappa shape index (κ3) is 2.08. The van der Waals surface area contributed by atoms with Crippen molar-refractivity contribution in [1.82, 2.24) is 4.40 Å². The van der Waals surface area contributed by atoms with E-state index in [0.717, 1.165) is 6.67 Å². The van der Waals surface area contributed by atoms with Crippen molar-refractivity contribution in [3.05, 3.63) is 84.9 Å². The molecule has 0 saturated carbocycles. The Bertz CT molecular complexity index is 1610. The number of benzene rings is 4. The fourth-order valence-electron chi connectivity index (χ4n) is 5.56. The highest BCUT2D eigenvalue weighted by atomic mass is 15.4. The first-order valence-electron chi connectivity index (χ1n) is 11.0. The smallest absolute Gasteiger partial charge is 0.0956 e. The number of para-hydroxylation sites is 4. The van der Waals surface area contributed by atoms with E-state index in [9.17, 15) is 0 Å². The van der Waals surface area contributed by atoms with Crippen LogP contribution in [0.25, 0.3) is 38.1 Å². The van der Waals surface area contributed by atoms with Crippen molar-refractivity contribution in [3.63, 3.8) is 0 Å². The maximum absolute atomic E-state index is 2.49. The molecule has 0 saturated heterocycles. The number of nitrogens with zero attached hydrogens (tertiary/aromatic N) is 3. The van der Waals surface area contributed by atoms with E-state index in [1.54, 1.807) is 0 Å². The van der Waals surface area contributed by atoms with E-state index in [1.807, 2.05) is 0 Å². The van der Waals surface area contributed by atoms with Gasteiger partial charge in [-0.05, 0) is 44.2 Å². The molecule has 4 aromatic carbocycles. The Kier molecular flexibility index (Phi) is 3.25. The number of hydrogen-bond donors (Lipinski definition) is 0. The Hall–Kier alpha value is -3.72. The van der Waals surface area contributed by atoms with E-state index in [-0.39, 0.29) is 0 Å². The van der Waals surface area contributed by atoms with Gasteiger partial charge in [-0.15, -0.1) is 0 Å². The van der Waals surface area contributed by atoms with Gasteiger partial charge < -0.3 is 14.2 Å². The van der Waals surface area contributed by atoms with Gasteiger partial charge in [-0.1, -0.05) is 54.6 Å². The van der Waals surface area contributed by atoms with Crippen molar-refractivity contribution in [3.8, 4) is 0 Å². The summed E-state index contributed by atoms with van der Waals surface area (Å²) >= 11 is 0. The molecule has 0 bridgehead atoms. The van der Waals surface area contributed by atoms with Crippen molar-refractivity contribution in [2.75, 3.05) is 16.5 Å². The van der Waals surface area contributed by atoms with Gasteiger partial charge in [0.1, 0.15) is 0 Å². The molecule has 2 aromatic heterocycles. The van der Waals surface area contributed by atoms with Crippen LogP contribution in [-0.2, 0) is 0 Å². The van der Waals surface area contributed by atoms with Gasteiger partial charge in [-0.25, -0.2) is 0 Å². The molecule has 0 N–H and O–H groups in total. The molecule has 31 heavy (non-hydrogen) atoms. The number of fused-ring (bicyclic) bond motifs is 7. The van der Waals surface area contributed by atoms with Gasteiger partial charge in [0.2, 0.25) is 0 Å². The Morgan fingerprint density at radius 2 is 1.26 bits per heavy atom. The first-order chi connectivity index (χ1) is 15.2. The minimum atomic E-state index is 0.446. The van der Waals surface area contributed by atoms with Crippen LogP contribution in [0.1, 0.15) is 13.8 Å². The highest BCUT2D eigenvalue weighted by Crippen LogP contribution is 2.48. The second kappa shape index (κ2) is 5.92.